The molecule has 5 nitrogen and oxygen atoms in total. The van der Waals surface area contributed by atoms with E-state index >= 15 is 0 Å². The maximum absolute atomic E-state index is 14.1. The highest BCUT2D eigenvalue weighted by Crippen LogP contribution is 2.45. The third-order valence-electron chi connectivity index (χ3n) is 5.80. The Bertz CT molecular complexity index is 1110. The first-order chi connectivity index (χ1) is 16.7. The second-order valence-electron chi connectivity index (χ2n) is 8.38. The molecule has 0 aromatic heterocycles. The van der Waals surface area contributed by atoms with Gasteiger partial charge in [0.1, 0.15) is 5.82 Å². The molecule has 0 aliphatic heterocycles. The van der Waals surface area contributed by atoms with Gasteiger partial charge < -0.3 is 18.9 Å². The molecule has 0 heterocycles. The number of hydrogen-bond acceptors (Lipinski definition) is 6. The maximum Gasteiger partial charge on any atom is 0.327 e. The van der Waals surface area contributed by atoms with E-state index < -0.39 is 13.9 Å². The molecule has 0 saturated carbocycles. The lowest BCUT2D eigenvalue weighted by Gasteiger charge is -2.15. The number of ether oxygens (including phenoxy) is 1. The van der Waals surface area contributed by atoms with Crippen molar-refractivity contribution in [3.8, 4) is 0 Å². The van der Waals surface area contributed by atoms with E-state index in [1.807, 2.05) is 13.2 Å². The van der Waals surface area contributed by atoms with Gasteiger partial charge in [-0.3, -0.25) is 4.57 Å². The van der Waals surface area contributed by atoms with Crippen LogP contribution in [0.4, 0.5) is 4.39 Å². The van der Waals surface area contributed by atoms with Crippen LogP contribution in [-0.2, 0) is 18.3 Å². The highest BCUT2D eigenvalue weighted by atomic mass is 32.2. The Hall–Kier alpha value is -1.73. The molecule has 8 heteroatoms. The van der Waals surface area contributed by atoms with Crippen LogP contribution in [0.3, 0.4) is 0 Å². The molecule has 0 fully saturated rings. The number of allylic oxidation sites excluding steroid dienone is 2. The van der Waals surface area contributed by atoms with E-state index in [0.717, 1.165) is 33.4 Å². The number of rotatable bonds is 13. The number of aliphatic hydroxyl groups is 1. The van der Waals surface area contributed by atoms with Crippen LogP contribution in [0.25, 0.3) is 17.2 Å². The topological polar surface area (TPSA) is 65.0 Å². The van der Waals surface area contributed by atoms with Crippen molar-refractivity contribution in [2.24, 2.45) is 0 Å². The molecular formula is C27H34FO5PS. The van der Waals surface area contributed by atoms with Crippen molar-refractivity contribution in [2.75, 3.05) is 32.7 Å². The van der Waals surface area contributed by atoms with Crippen LogP contribution in [0.5, 0.6) is 0 Å². The van der Waals surface area contributed by atoms with Gasteiger partial charge in [-0.2, -0.15) is 0 Å². The fraction of sp³-hybridized carbons (Fsp3) is 0.407. The molecule has 2 atom stereocenters. The van der Waals surface area contributed by atoms with Crippen molar-refractivity contribution in [3.05, 3.63) is 70.5 Å². The number of fused-ring (bicyclic) bond motifs is 1. The Kier molecular flexibility index (Phi) is 10.3. The van der Waals surface area contributed by atoms with Crippen molar-refractivity contribution in [1.29, 1.82) is 0 Å². The summed E-state index contributed by atoms with van der Waals surface area (Å²) in [7, 11) is -2.99. The van der Waals surface area contributed by atoms with Crippen molar-refractivity contribution in [2.45, 2.75) is 44.3 Å². The van der Waals surface area contributed by atoms with Crippen molar-refractivity contribution in [1.82, 2.24) is 0 Å². The third kappa shape index (κ3) is 7.88. The molecular weight excluding hydrogens is 486 g/mol. The van der Waals surface area contributed by atoms with E-state index in [4.69, 9.17) is 13.8 Å². The Labute approximate surface area is 211 Å². The van der Waals surface area contributed by atoms with E-state index in [1.54, 1.807) is 24.8 Å². The van der Waals surface area contributed by atoms with E-state index in [-0.39, 0.29) is 12.2 Å². The van der Waals surface area contributed by atoms with E-state index in [0.29, 0.717) is 32.7 Å². The molecule has 2 aromatic carbocycles. The minimum Gasteiger partial charge on any atom is -0.368 e. The summed E-state index contributed by atoms with van der Waals surface area (Å²) in [5.74, 6) is -0.310. The van der Waals surface area contributed by atoms with Gasteiger partial charge in [0, 0.05) is 24.6 Å². The van der Waals surface area contributed by atoms with Crippen LogP contribution in [-0.4, -0.2) is 44.1 Å². The lowest BCUT2D eigenvalue weighted by molar-refractivity contribution is -0.0955. The van der Waals surface area contributed by atoms with E-state index in [2.05, 4.69) is 30.3 Å². The molecule has 0 spiro atoms. The van der Waals surface area contributed by atoms with Crippen molar-refractivity contribution < 1.29 is 27.8 Å². The molecule has 35 heavy (non-hydrogen) atoms. The molecule has 0 saturated heterocycles. The molecule has 1 N–H and O–H groups in total. The highest BCUT2D eigenvalue weighted by Gasteiger charge is 2.26. The smallest absolute Gasteiger partial charge is 0.327 e. The molecule has 0 bridgehead atoms. The summed E-state index contributed by atoms with van der Waals surface area (Å²) in [5, 5.41) is 10.5. The molecule has 1 aliphatic rings. The summed E-state index contributed by atoms with van der Waals surface area (Å²) in [6.07, 6.45) is 4.67. The normalized spacial score (nSPS) is 17.0. The fourth-order valence-corrected chi connectivity index (χ4v) is 5.46. The summed E-state index contributed by atoms with van der Waals surface area (Å²) in [5.41, 5.74) is 5.72. The maximum atomic E-state index is 14.1. The van der Waals surface area contributed by atoms with Crippen molar-refractivity contribution in [3.63, 3.8) is 0 Å². The van der Waals surface area contributed by atoms with Gasteiger partial charge in [-0.05, 0) is 96.7 Å². The molecule has 2 unspecified atom stereocenters. The Morgan fingerprint density at radius 1 is 1.09 bits per heavy atom. The number of thioether (sulfide) groups is 1. The van der Waals surface area contributed by atoms with Gasteiger partial charge in [0.05, 0.1) is 13.2 Å². The van der Waals surface area contributed by atoms with Crippen LogP contribution in [0, 0.1) is 5.82 Å². The van der Waals surface area contributed by atoms with Gasteiger partial charge in [-0.15, -0.1) is 11.8 Å². The SMILES string of the molecule is CCOP(C)(=O)OCCCCOC(O)CC1=C(C)C(=Cc2ccc(SC)cc2)c2ccc(F)cc21. The van der Waals surface area contributed by atoms with Gasteiger partial charge in [-0.1, -0.05) is 18.2 Å². The van der Waals surface area contributed by atoms with Gasteiger partial charge in [0.15, 0.2) is 6.29 Å². The van der Waals surface area contributed by atoms with Crippen LogP contribution in [0.15, 0.2) is 52.9 Å². The number of aliphatic hydroxyl groups excluding tert-OH is 1. The van der Waals surface area contributed by atoms with Crippen LogP contribution >= 0.6 is 19.4 Å². The Morgan fingerprint density at radius 3 is 2.49 bits per heavy atom. The molecule has 3 rings (SSSR count). The number of benzene rings is 2. The lowest BCUT2D eigenvalue weighted by Crippen LogP contribution is -2.14. The zero-order valence-electron chi connectivity index (χ0n) is 20.8. The monoisotopic (exact) mass is 520 g/mol. The van der Waals surface area contributed by atoms with Gasteiger partial charge in [0.2, 0.25) is 0 Å². The Morgan fingerprint density at radius 2 is 1.80 bits per heavy atom. The van der Waals surface area contributed by atoms with Gasteiger partial charge >= 0.3 is 7.60 Å². The van der Waals surface area contributed by atoms with Gasteiger partial charge in [0.25, 0.3) is 0 Å². The standard InChI is InChI=1S/C27H34FO5PS/c1-5-32-34(3,30)33-15-7-6-14-31-27(29)18-25-19(2)24(23-13-10-21(28)17-26(23)25)16-20-8-11-22(35-4)12-9-20/h8-13,16-17,27,29H,5-7,14-15,18H2,1-4H3. The van der Waals surface area contributed by atoms with Crippen LogP contribution in [0.2, 0.25) is 0 Å². The summed E-state index contributed by atoms with van der Waals surface area (Å²) >= 11 is 1.69. The van der Waals surface area contributed by atoms with Gasteiger partial charge in [-0.25, -0.2) is 4.39 Å². The fourth-order valence-electron chi connectivity index (χ4n) is 4.04. The quantitative estimate of drug-likeness (QED) is 0.130. The summed E-state index contributed by atoms with van der Waals surface area (Å²) in [4.78, 5) is 1.19. The molecule has 2 aromatic rings. The molecule has 1 aliphatic carbocycles. The number of unbranched alkanes of at least 4 members (excludes halogenated alkanes) is 1. The van der Waals surface area contributed by atoms with E-state index in [1.165, 1.54) is 23.7 Å². The first kappa shape index (κ1) is 27.9. The summed E-state index contributed by atoms with van der Waals surface area (Å²) in [6, 6.07) is 13.1. The van der Waals surface area contributed by atoms with Crippen molar-refractivity contribution >= 4 is 36.6 Å². The lowest BCUT2D eigenvalue weighted by atomic mass is 10.0. The van der Waals surface area contributed by atoms with Crippen LogP contribution < -0.4 is 0 Å². The summed E-state index contributed by atoms with van der Waals surface area (Å²) in [6.45, 7) is 6.20. The first-order valence-electron chi connectivity index (χ1n) is 11.8. The first-order valence-corrected chi connectivity index (χ1v) is 15.0. The average molecular weight is 521 g/mol. The minimum absolute atomic E-state index is 0.260. The zero-order valence-corrected chi connectivity index (χ0v) is 22.5. The molecule has 190 valence electrons. The van der Waals surface area contributed by atoms with E-state index in [9.17, 15) is 14.1 Å². The second-order valence-corrected chi connectivity index (χ2v) is 11.3. The molecule has 0 radical (unpaired) electrons. The second kappa shape index (κ2) is 13.0. The third-order valence-corrected chi connectivity index (χ3v) is 7.92. The summed E-state index contributed by atoms with van der Waals surface area (Å²) < 4.78 is 42.0. The highest BCUT2D eigenvalue weighted by molar-refractivity contribution is 7.98. The predicted molar refractivity (Wildman–Crippen MR) is 142 cm³/mol. The zero-order chi connectivity index (χ0) is 25.4. The molecule has 0 amide bonds. The average Bonchev–Trinajstić information content (AvgIpc) is 3.06. The Balaban J connectivity index is 1.64. The number of halogens is 1. The number of hydrogen-bond donors (Lipinski definition) is 1. The predicted octanol–water partition coefficient (Wildman–Crippen LogP) is 7.26. The largest absolute Gasteiger partial charge is 0.368 e. The van der Waals surface area contributed by atoms with Crippen LogP contribution in [0.1, 0.15) is 49.8 Å². The minimum atomic E-state index is -2.99.